The van der Waals surface area contributed by atoms with E-state index in [0.717, 1.165) is 5.82 Å². The third-order valence-corrected chi connectivity index (χ3v) is 3.69. The zero-order valence-electron chi connectivity index (χ0n) is 14.3. The molecule has 0 atom stereocenters. The highest BCUT2D eigenvalue weighted by Crippen LogP contribution is 2.19. The van der Waals surface area contributed by atoms with Gasteiger partial charge < -0.3 is 14.5 Å². The molecule has 0 fully saturated rings. The van der Waals surface area contributed by atoms with Crippen molar-refractivity contribution in [1.29, 1.82) is 0 Å². The van der Waals surface area contributed by atoms with E-state index in [2.05, 4.69) is 15.0 Å². The van der Waals surface area contributed by atoms with Crippen LogP contribution in [0.25, 0.3) is 0 Å². The Morgan fingerprint density at radius 2 is 2.09 bits per heavy atom. The van der Waals surface area contributed by atoms with E-state index in [1.807, 2.05) is 45.5 Å². The smallest absolute Gasteiger partial charge is 0.337 e. The highest BCUT2D eigenvalue weighted by Gasteiger charge is 2.22. The van der Waals surface area contributed by atoms with Crippen LogP contribution in [0.1, 0.15) is 49.7 Å². The molecule has 0 unspecified atom stereocenters. The SMILES string of the molecule is CCN(Cc1nccn1C)C(=O)c1cc(C(C)(C)C)[nH]c(=O)n1. The first-order valence-electron chi connectivity index (χ1n) is 7.59. The molecule has 0 saturated heterocycles. The predicted octanol–water partition coefficient (Wildman–Crippen LogP) is 1.46. The lowest BCUT2D eigenvalue weighted by Gasteiger charge is -2.22. The number of hydrogen-bond acceptors (Lipinski definition) is 4. The number of aryl methyl sites for hydroxylation is 1. The molecule has 2 aromatic heterocycles. The van der Waals surface area contributed by atoms with E-state index in [0.29, 0.717) is 18.8 Å². The summed E-state index contributed by atoms with van der Waals surface area (Å²) in [5, 5.41) is 0. The summed E-state index contributed by atoms with van der Waals surface area (Å²) in [6.07, 6.45) is 3.52. The van der Waals surface area contributed by atoms with Crippen LogP contribution in [0.4, 0.5) is 0 Å². The number of nitrogens with zero attached hydrogens (tertiary/aromatic N) is 4. The minimum Gasteiger partial charge on any atom is -0.337 e. The number of rotatable bonds is 4. The molecule has 2 rings (SSSR count). The molecule has 1 amide bonds. The third kappa shape index (κ3) is 3.85. The first-order chi connectivity index (χ1) is 10.7. The van der Waals surface area contributed by atoms with E-state index < -0.39 is 5.69 Å². The number of carbonyl (C=O) groups excluding carboxylic acids is 1. The minimum absolute atomic E-state index is 0.162. The molecule has 0 aliphatic carbocycles. The molecule has 0 aromatic carbocycles. The molecule has 23 heavy (non-hydrogen) atoms. The molecule has 2 heterocycles. The van der Waals surface area contributed by atoms with E-state index in [4.69, 9.17) is 0 Å². The van der Waals surface area contributed by atoms with Gasteiger partial charge >= 0.3 is 5.69 Å². The monoisotopic (exact) mass is 317 g/mol. The van der Waals surface area contributed by atoms with Gasteiger partial charge in [-0.3, -0.25) is 4.79 Å². The maximum Gasteiger partial charge on any atom is 0.345 e. The van der Waals surface area contributed by atoms with E-state index in [9.17, 15) is 9.59 Å². The summed E-state index contributed by atoms with van der Waals surface area (Å²) in [4.78, 5) is 36.9. The van der Waals surface area contributed by atoms with Gasteiger partial charge in [-0.2, -0.15) is 4.98 Å². The summed E-state index contributed by atoms with van der Waals surface area (Å²) in [7, 11) is 1.88. The lowest BCUT2D eigenvalue weighted by atomic mass is 9.91. The van der Waals surface area contributed by atoms with Crippen LogP contribution >= 0.6 is 0 Å². The highest BCUT2D eigenvalue weighted by molar-refractivity contribution is 5.92. The lowest BCUT2D eigenvalue weighted by Crippen LogP contribution is -2.34. The summed E-state index contributed by atoms with van der Waals surface area (Å²) >= 11 is 0. The summed E-state index contributed by atoms with van der Waals surface area (Å²) in [5.74, 6) is 0.508. The molecule has 0 bridgehead atoms. The number of amides is 1. The van der Waals surface area contributed by atoms with Crippen molar-refractivity contribution in [1.82, 2.24) is 24.4 Å². The summed E-state index contributed by atoms with van der Waals surface area (Å²) in [5.41, 5.74) is 0.0749. The lowest BCUT2D eigenvalue weighted by molar-refractivity contribution is 0.0740. The van der Waals surface area contributed by atoms with Crippen molar-refractivity contribution >= 4 is 5.91 Å². The molecule has 0 saturated carbocycles. The summed E-state index contributed by atoms with van der Waals surface area (Å²) < 4.78 is 1.86. The van der Waals surface area contributed by atoms with Gasteiger partial charge in [-0.15, -0.1) is 0 Å². The van der Waals surface area contributed by atoms with Gasteiger partial charge in [0.2, 0.25) is 0 Å². The van der Waals surface area contributed by atoms with Crippen molar-refractivity contribution in [2.45, 2.75) is 39.7 Å². The second-order valence-corrected chi connectivity index (χ2v) is 6.51. The fraction of sp³-hybridized carbons (Fsp3) is 0.500. The van der Waals surface area contributed by atoms with Crippen molar-refractivity contribution < 1.29 is 4.79 Å². The third-order valence-electron chi connectivity index (χ3n) is 3.69. The van der Waals surface area contributed by atoms with Crippen molar-refractivity contribution in [3.8, 4) is 0 Å². The van der Waals surface area contributed by atoms with Crippen LogP contribution < -0.4 is 5.69 Å². The van der Waals surface area contributed by atoms with Crippen molar-refractivity contribution in [2.75, 3.05) is 6.54 Å². The minimum atomic E-state index is -0.506. The second kappa shape index (κ2) is 6.36. The van der Waals surface area contributed by atoms with Gasteiger partial charge in [0.15, 0.2) is 0 Å². The molecule has 7 heteroatoms. The largest absolute Gasteiger partial charge is 0.345 e. The number of hydrogen-bond donors (Lipinski definition) is 1. The molecule has 124 valence electrons. The Morgan fingerprint density at radius 3 is 2.61 bits per heavy atom. The van der Waals surface area contributed by atoms with E-state index in [1.165, 1.54) is 0 Å². The van der Waals surface area contributed by atoms with Crippen LogP contribution in [-0.2, 0) is 19.0 Å². The Kier molecular flexibility index (Phi) is 4.68. The number of imidazole rings is 1. The molecule has 1 N–H and O–H groups in total. The Balaban J connectivity index is 2.33. The topological polar surface area (TPSA) is 83.9 Å². The normalized spacial score (nSPS) is 11.5. The molecular weight excluding hydrogens is 294 g/mol. The number of nitrogens with one attached hydrogen (secondary N) is 1. The standard InChI is InChI=1S/C16H23N5O2/c1-6-21(10-13-17-7-8-20(13)5)14(22)11-9-12(16(2,3)4)19-15(23)18-11/h7-9H,6,10H2,1-5H3,(H,18,19,23). The maximum absolute atomic E-state index is 12.7. The zero-order chi connectivity index (χ0) is 17.2. The van der Waals surface area contributed by atoms with E-state index >= 15 is 0 Å². The van der Waals surface area contributed by atoms with Gasteiger partial charge in [-0.25, -0.2) is 9.78 Å². The Bertz CT molecular complexity index is 754. The average Bonchev–Trinajstić information content (AvgIpc) is 2.87. The predicted molar refractivity (Wildman–Crippen MR) is 87.2 cm³/mol. The van der Waals surface area contributed by atoms with E-state index in [-0.39, 0.29) is 17.0 Å². The van der Waals surface area contributed by atoms with Crippen LogP contribution in [-0.4, -0.2) is 36.9 Å². The maximum atomic E-state index is 12.7. The fourth-order valence-corrected chi connectivity index (χ4v) is 2.18. The average molecular weight is 317 g/mol. The van der Waals surface area contributed by atoms with Crippen molar-refractivity contribution in [3.05, 3.63) is 46.2 Å². The number of aromatic amines is 1. The quantitative estimate of drug-likeness (QED) is 0.925. The van der Waals surface area contributed by atoms with Gasteiger partial charge in [0.25, 0.3) is 5.91 Å². The fourth-order valence-electron chi connectivity index (χ4n) is 2.18. The van der Waals surface area contributed by atoms with Crippen LogP contribution in [0.3, 0.4) is 0 Å². The molecule has 7 nitrogen and oxygen atoms in total. The number of aromatic nitrogens is 4. The van der Waals surface area contributed by atoms with Crippen LogP contribution in [0.5, 0.6) is 0 Å². The van der Waals surface area contributed by atoms with Crippen molar-refractivity contribution in [3.63, 3.8) is 0 Å². The first kappa shape index (κ1) is 16.9. The van der Waals surface area contributed by atoms with Crippen LogP contribution in [0.2, 0.25) is 0 Å². The molecule has 0 radical (unpaired) electrons. The Hall–Kier alpha value is -2.44. The van der Waals surface area contributed by atoms with Gasteiger partial charge in [0.05, 0.1) is 6.54 Å². The Labute approximate surface area is 135 Å². The molecule has 0 aliphatic rings. The first-order valence-corrected chi connectivity index (χ1v) is 7.59. The molecular formula is C16H23N5O2. The molecule has 0 aliphatic heterocycles. The van der Waals surface area contributed by atoms with Crippen LogP contribution in [0.15, 0.2) is 23.3 Å². The highest BCUT2D eigenvalue weighted by atomic mass is 16.2. The number of carbonyl (C=O) groups is 1. The van der Waals surface area contributed by atoms with Crippen molar-refractivity contribution in [2.24, 2.45) is 7.05 Å². The zero-order valence-corrected chi connectivity index (χ0v) is 14.3. The molecule has 0 spiro atoms. The van der Waals surface area contributed by atoms with Gasteiger partial charge in [-0.1, -0.05) is 20.8 Å². The van der Waals surface area contributed by atoms with Gasteiger partial charge in [0.1, 0.15) is 11.5 Å². The molecule has 2 aromatic rings. The van der Waals surface area contributed by atoms with Crippen LogP contribution in [0, 0.1) is 0 Å². The number of H-pyrrole nitrogens is 1. The van der Waals surface area contributed by atoms with E-state index in [1.54, 1.807) is 17.2 Å². The van der Waals surface area contributed by atoms with Gasteiger partial charge in [0, 0.05) is 37.1 Å². The second-order valence-electron chi connectivity index (χ2n) is 6.51. The Morgan fingerprint density at radius 1 is 1.39 bits per heavy atom. The van der Waals surface area contributed by atoms with Gasteiger partial charge in [-0.05, 0) is 13.0 Å². The summed E-state index contributed by atoms with van der Waals surface area (Å²) in [6.45, 7) is 8.68. The summed E-state index contributed by atoms with van der Waals surface area (Å²) in [6, 6.07) is 1.66.